The van der Waals surface area contributed by atoms with E-state index in [9.17, 15) is 26.8 Å². The first-order valence-electron chi connectivity index (χ1n) is 10.1. The van der Waals surface area contributed by atoms with Crippen LogP contribution in [0.2, 0.25) is 0 Å². The van der Waals surface area contributed by atoms with Gasteiger partial charge < -0.3 is 14.2 Å². The van der Waals surface area contributed by atoms with Crippen molar-refractivity contribution in [1.29, 1.82) is 0 Å². The van der Waals surface area contributed by atoms with Crippen LogP contribution in [0.15, 0.2) is 0 Å². The van der Waals surface area contributed by atoms with Crippen LogP contribution < -0.4 is 4.72 Å². The maximum atomic E-state index is 13.6. The number of imide groups is 1. The number of ether oxygens (including phenoxy) is 3. The molecule has 180 valence electrons. The van der Waals surface area contributed by atoms with Crippen molar-refractivity contribution in [3.63, 3.8) is 0 Å². The molecule has 0 spiro atoms. The lowest BCUT2D eigenvalue weighted by Crippen LogP contribution is -2.54. The van der Waals surface area contributed by atoms with Crippen LogP contribution in [0.5, 0.6) is 0 Å². The Morgan fingerprint density at radius 3 is 1.90 bits per heavy atom. The summed E-state index contributed by atoms with van der Waals surface area (Å²) in [6.07, 6.45) is -4.22. The molecular formula is C19H32F2N2O7S. The summed E-state index contributed by atoms with van der Waals surface area (Å²) < 4.78 is 69.1. The van der Waals surface area contributed by atoms with Crippen LogP contribution in [-0.4, -0.2) is 67.3 Å². The lowest BCUT2D eigenvalue weighted by Gasteiger charge is -2.34. The SMILES string of the molecule is CC(C)(C)OC(=O)N(C(=O)OC(C)(C)C)[C@]1(COCNS(=O)(=O)C2CC2)C[C@H]1C(F)F. The minimum absolute atomic E-state index is 0.224. The molecule has 0 aromatic heterocycles. The number of hydrogen-bond donors (Lipinski definition) is 1. The van der Waals surface area contributed by atoms with Crippen molar-refractivity contribution in [3.05, 3.63) is 0 Å². The van der Waals surface area contributed by atoms with Gasteiger partial charge in [-0.15, -0.1) is 0 Å². The number of sulfonamides is 1. The lowest BCUT2D eigenvalue weighted by molar-refractivity contribution is -0.0331. The average molecular weight is 471 g/mol. The molecule has 0 aromatic rings. The molecule has 31 heavy (non-hydrogen) atoms. The second kappa shape index (κ2) is 8.78. The third kappa shape index (κ3) is 6.98. The van der Waals surface area contributed by atoms with E-state index in [1.807, 2.05) is 0 Å². The van der Waals surface area contributed by atoms with Crippen LogP contribution in [0.1, 0.15) is 60.8 Å². The van der Waals surface area contributed by atoms with Gasteiger partial charge in [0.05, 0.1) is 17.4 Å². The molecule has 0 aliphatic heterocycles. The van der Waals surface area contributed by atoms with E-state index in [0.717, 1.165) is 0 Å². The highest BCUT2D eigenvalue weighted by molar-refractivity contribution is 7.90. The molecule has 12 heteroatoms. The molecule has 2 amide bonds. The molecule has 0 heterocycles. The van der Waals surface area contributed by atoms with Crippen molar-refractivity contribution in [2.75, 3.05) is 13.3 Å². The number of alkyl halides is 2. The predicted molar refractivity (Wildman–Crippen MR) is 107 cm³/mol. The summed E-state index contributed by atoms with van der Waals surface area (Å²) in [5, 5.41) is -0.472. The maximum Gasteiger partial charge on any atom is 0.420 e. The Balaban J connectivity index is 2.21. The van der Waals surface area contributed by atoms with Gasteiger partial charge in [-0.1, -0.05) is 0 Å². The Bertz CT molecular complexity index is 760. The molecule has 2 aliphatic carbocycles. The summed E-state index contributed by atoms with van der Waals surface area (Å²) in [5.41, 5.74) is -3.69. The van der Waals surface area contributed by atoms with Crippen LogP contribution in [-0.2, 0) is 24.2 Å². The van der Waals surface area contributed by atoms with E-state index in [1.165, 1.54) is 0 Å². The Labute approximate surface area is 181 Å². The third-order valence-electron chi connectivity index (χ3n) is 4.68. The van der Waals surface area contributed by atoms with Crippen LogP contribution in [0.4, 0.5) is 18.4 Å². The molecule has 2 saturated carbocycles. The normalized spacial score (nSPS) is 24.1. The largest absolute Gasteiger partial charge is 0.443 e. The monoisotopic (exact) mass is 470 g/mol. The second-order valence-electron chi connectivity index (χ2n) is 9.93. The zero-order valence-electron chi connectivity index (χ0n) is 18.7. The molecule has 2 aliphatic rings. The number of hydrogen-bond acceptors (Lipinski definition) is 7. The van der Waals surface area contributed by atoms with Gasteiger partial charge in [0.2, 0.25) is 16.4 Å². The molecule has 2 fully saturated rings. The van der Waals surface area contributed by atoms with Gasteiger partial charge in [0.1, 0.15) is 17.9 Å². The van der Waals surface area contributed by atoms with Gasteiger partial charge in [-0.25, -0.2) is 31.7 Å². The minimum atomic E-state index is -3.54. The topological polar surface area (TPSA) is 111 Å². The predicted octanol–water partition coefficient (Wildman–Crippen LogP) is 3.24. The highest BCUT2D eigenvalue weighted by Crippen LogP contribution is 2.53. The van der Waals surface area contributed by atoms with Crippen molar-refractivity contribution in [1.82, 2.24) is 9.62 Å². The van der Waals surface area contributed by atoms with Crippen LogP contribution in [0.3, 0.4) is 0 Å². The average Bonchev–Trinajstić information content (AvgIpc) is 3.42. The summed E-state index contributed by atoms with van der Waals surface area (Å²) >= 11 is 0. The van der Waals surface area contributed by atoms with Gasteiger partial charge in [-0.2, -0.15) is 4.72 Å². The zero-order valence-corrected chi connectivity index (χ0v) is 19.6. The molecule has 1 N–H and O–H groups in total. The number of halogens is 2. The molecule has 0 bridgehead atoms. The van der Waals surface area contributed by atoms with E-state index in [1.54, 1.807) is 41.5 Å². The standard InChI is InChI=1S/C19H32F2N2O7S/c1-17(2,3)29-15(24)23(16(25)30-18(4,5)6)19(9-13(19)14(20)21)10-28-11-22-31(26,27)12-7-8-12/h12-14,22H,7-11H2,1-6H3/t13-,19-/m0/s1. The van der Waals surface area contributed by atoms with E-state index >= 15 is 0 Å². The van der Waals surface area contributed by atoms with Crippen molar-refractivity contribution >= 4 is 22.2 Å². The number of amides is 2. The number of nitrogens with one attached hydrogen (secondary N) is 1. The van der Waals surface area contributed by atoms with Gasteiger partial charge in [0, 0.05) is 5.92 Å². The van der Waals surface area contributed by atoms with Gasteiger partial charge in [-0.05, 0) is 60.8 Å². The summed E-state index contributed by atoms with van der Waals surface area (Å²) in [6, 6.07) is 0. The summed E-state index contributed by atoms with van der Waals surface area (Å²) in [5.74, 6) is -1.35. The Morgan fingerprint density at radius 2 is 1.55 bits per heavy atom. The Kier molecular flexibility index (Phi) is 7.29. The van der Waals surface area contributed by atoms with Crippen molar-refractivity contribution in [2.45, 2.75) is 89.2 Å². The summed E-state index contributed by atoms with van der Waals surface area (Å²) in [7, 11) is -3.54. The first kappa shape index (κ1) is 25.7. The van der Waals surface area contributed by atoms with E-state index < -0.39 is 69.9 Å². The molecule has 0 radical (unpaired) electrons. The molecule has 0 unspecified atom stereocenters. The fourth-order valence-electron chi connectivity index (χ4n) is 3.03. The van der Waals surface area contributed by atoms with E-state index in [0.29, 0.717) is 17.7 Å². The summed E-state index contributed by atoms with van der Waals surface area (Å²) in [6.45, 7) is 8.49. The maximum absolute atomic E-state index is 13.6. The van der Waals surface area contributed by atoms with E-state index in [2.05, 4.69) is 4.72 Å². The first-order chi connectivity index (χ1) is 14.0. The number of carbonyl (C=O) groups is 2. The minimum Gasteiger partial charge on any atom is -0.443 e. The van der Waals surface area contributed by atoms with Gasteiger partial charge >= 0.3 is 12.2 Å². The quantitative estimate of drug-likeness (QED) is 0.428. The van der Waals surface area contributed by atoms with Crippen molar-refractivity contribution < 1.29 is 41.0 Å². The smallest absolute Gasteiger partial charge is 0.420 e. The van der Waals surface area contributed by atoms with Crippen LogP contribution in [0, 0.1) is 5.92 Å². The van der Waals surface area contributed by atoms with Crippen LogP contribution in [0.25, 0.3) is 0 Å². The van der Waals surface area contributed by atoms with Crippen molar-refractivity contribution in [3.8, 4) is 0 Å². The zero-order chi connectivity index (χ0) is 23.8. The second-order valence-corrected chi connectivity index (χ2v) is 12.0. The molecule has 0 aromatic carbocycles. The highest BCUT2D eigenvalue weighted by atomic mass is 32.2. The Morgan fingerprint density at radius 1 is 1.06 bits per heavy atom. The number of nitrogens with zero attached hydrogens (tertiary/aromatic N) is 1. The van der Waals surface area contributed by atoms with Gasteiger partial charge in [0.15, 0.2) is 0 Å². The lowest BCUT2D eigenvalue weighted by atomic mass is 10.1. The van der Waals surface area contributed by atoms with Crippen LogP contribution >= 0.6 is 0 Å². The van der Waals surface area contributed by atoms with Gasteiger partial charge in [0.25, 0.3) is 0 Å². The molecule has 2 atom stereocenters. The first-order valence-corrected chi connectivity index (χ1v) is 11.6. The van der Waals surface area contributed by atoms with E-state index in [4.69, 9.17) is 14.2 Å². The fourth-order valence-corrected chi connectivity index (χ4v) is 4.27. The number of carbonyl (C=O) groups excluding carboxylic acids is 2. The summed E-state index contributed by atoms with van der Waals surface area (Å²) in [4.78, 5) is 26.2. The molecule has 2 rings (SSSR count). The number of rotatable bonds is 8. The van der Waals surface area contributed by atoms with E-state index in [-0.39, 0.29) is 6.42 Å². The molecule has 9 nitrogen and oxygen atoms in total. The van der Waals surface area contributed by atoms with Gasteiger partial charge in [-0.3, -0.25) is 0 Å². The highest BCUT2D eigenvalue weighted by Gasteiger charge is 2.67. The molecular weight excluding hydrogens is 438 g/mol. The Hall–Kier alpha value is -1.53. The fraction of sp³-hybridized carbons (Fsp3) is 0.895. The van der Waals surface area contributed by atoms with Crippen molar-refractivity contribution in [2.24, 2.45) is 5.92 Å². The molecule has 0 saturated heterocycles. The third-order valence-corrected chi connectivity index (χ3v) is 6.55.